The van der Waals surface area contributed by atoms with Gasteiger partial charge in [-0.15, -0.1) is 5.10 Å². The van der Waals surface area contributed by atoms with Crippen LogP contribution in [0.2, 0.25) is 0 Å². The standard InChI is InChI=1S/C24H25N9O3/c1-35-8-9-36-15-31-12-18(11-25-31)17-4-6-20-21(10-17)32(30-28-20)13-19-5-7-23-26-22(14-33(23)29-19)27-24(34)16-2-3-16/h4-7,10-12,14,16H,2-3,8-9,13,15H2,1H3,(H,27,34). The molecule has 0 saturated heterocycles. The number of carbonyl (C=O) groups excluding carboxylic acids is 1. The summed E-state index contributed by atoms with van der Waals surface area (Å²) in [6, 6.07) is 9.77. The highest BCUT2D eigenvalue weighted by atomic mass is 16.5. The van der Waals surface area contributed by atoms with Gasteiger partial charge in [0.05, 0.1) is 43.4 Å². The first-order valence-corrected chi connectivity index (χ1v) is 11.8. The number of methoxy groups -OCH3 is 1. The number of nitrogens with zero attached hydrogens (tertiary/aromatic N) is 8. The Kier molecular flexibility index (Phi) is 5.87. The van der Waals surface area contributed by atoms with Crippen molar-refractivity contribution in [2.75, 3.05) is 25.6 Å². The molecule has 1 aromatic carbocycles. The van der Waals surface area contributed by atoms with E-state index in [1.807, 2.05) is 47.4 Å². The van der Waals surface area contributed by atoms with Crippen LogP contribution in [-0.4, -0.2) is 65.6 Å². The molecule has 4 aromatic heterocycles. The van der Waals surface area contributed by atoms with Gasteiger partial charge >= 0.3 is 0 Å². The van der Waals surface area contributed by atoms with Crippen molar-refractivity contribution >= 4 is 28.4 Å². The number of nitrogens with one attached hydrogen (secondary N) is 1. The number of anilines is 1. The van der Waals surface area contributed by atoms with Crippen molar-refractivity contribution in [1.82, 2.24) is 39.4 Å². The Bertz CT molecular complexity index is 1530. The summed E-state index contributed by atoms with van der Waals surface area (Å²) < 4.78 is 15.8. The Morgan fingerprint density at radius 3 is 2.92 bits per heavy atom. The van der Waals surface area contributed by atoms with Gasteiger partial charge in [-0.1, -0.05) is 11.3 Å². The van der Waals surface area contributed by atoms with Crippen LogP contribution < -0.4 is 5.32 Å². The average Bonchev–Trinajstić information content (AvgIpc) is 3.31. The minimum absolute atomic E-state index is 0.0210. The number of fused-ring (bicyclic) bond motifs is 2. The lowest BCUT2D eigenvalue weighted by molar-refractivity contribution is -0.117. The maximum atomic E-state index is 12.0. The van der Waals surface area contributed by atoms with Gasteiger partial charge < -0.3 is 14.8 Å². The Morgan fingerprint density at radius 1 is 1.14 bits per heavy atom. The van der Waals surface area contributed by atoms with E-state index in [1.54, 1.807) is 22.5 Å². The van der Waals surface area contributed by atoms with Crippen molar-refractivity contribution in [1.29, 1.82) is 0 Å². The first-order chi connectivity index (χ1) is 17.7. The third-order valence-electron chi connectivity index (χ3n) is 6.02. The molecule has 12 nitrogen and oxygen atoms in total. The van der Waals surface area contributed by atoms with E-state index in [0.29, 0.717) is 38.0 Å². The van der Waals surface area contributed by atoms with Gasteiger partial charge in [0, 0.05) is 24.8 Å². The van der Waals surface area contributed by atoms with Gasteiger partial charge in [0.2, 0.25) is 5.91 Å². The van der Waals surface area contributed by atoms with Gasteiger partial charge in [-0.05, 0) is 42.7 Å². The minimum atomic E-state index is 0.0210. The lowest BCUT2D eigenvalue weighted by atomic mass is 10.1. The fourth-order valence-electron chi connectivity index (χ4n) is 3.94. The topological polar surface area (TPSA) is 126 Å². The molecule has 0 bridgehead atoms. The molecule has 6 rings (SSSR count). The highest BCUT2D eigenvalue weighted by Gasteiger charge is 2.30. The smallest absolute Gasteiger partial charge is 0.228 e. The monoisotopic (exact) mass is 487 g/mol. The molecular weight excluding hydrogens is 462 g/mol. The van der Waals surface area contributed by atoms with E-state index in [9.17, 15) is 4.79 Å². The fraction of sp³-hybridized carbons (Fsp3) is 0.333. The van der Waals surface area contributed by atoms with Crippen LogP contribution in [0, 0.1) is 5.92 Å². The number of aromatic nitrogens is 8. The Labute approximate surface area is 205 Å². The Morgan fingerprint density at radius 2 is 2.06 bits per heavy atom. The third-order valence-corrected chi connectivity index (χ3v) is 6.02. The van der Waals surface area contributed by atoms with Crippen molar-refractivity contribution in [3.05, 3.63) is 54.6 Å². The zero-order chi connectivity index (χ0) is 24.5. The molecule has 1 aliphatic rings. The Balaban J connectivity index is 1.20. The number of carbonyl (C=O) groups is 1. The summed E-state index contributed by atoms with van der Waals surface area (Å²) in [6.45, 7) is 1.85. The quantitative estimate of drug-likeness (QED) is 0.298. The van der Waals surface area contributed by atoms with Gasteiger partial charge in [-0.2, -0.15) is 10.2 Å². The lowest BCUT2D eigenvalue weighted by Gasteiger charge is -2.04. The van der Waals surface area contributed by atoms with Gasteiger partial charge in [0.1, 0.15) is 12.2 Å². The van der Waals surface area contributed by atoms with Gasteiger partial charge in [0.15, 0.2) is 11.5 Å². The first kappa shape index (κ1) is 22.3. The first-order valence-electron chi connectivity index (χ1n) is 11.8. The number of rotatable bonds is 10. The van der Waals surface area contributed by atoms with Crippen molar-refractivity contribution in [3.63, 3.8) is 0 Å². The van der Waals surface area contributed by atoms with Gasteiger partial charge in [-0.25, -0.2) is 18.9 Å². The van der Waals surface area contributed by atoms with Gasteiger partial charge in [-0.3, -0.25) is 4.79 Å². The maximum absolute atomic E-state index is 12.0. The number of hydrogen-bond donors (Lipinski definition) is 1. The van der Waals surface area contributed by atoms with E-state index in [4.69, 9.17) is 9.47 Å². The molecule has 1 amide bonds. The summed E-state index contributed by atoms with van der Waals surface area (Å²) in [7, 11) is 1.64. The van der Waals surface area contributed by atoms with E-state index in [-0.39, 0.29) is 11.8 Å². The SMILES string of the molecule is COCCOCn1cc(-c2ccc3nnn(Cc4ccc5nc(NC(=O)C6CC6)cn5n4)c3c2)cn1. The molecule has 0 atom stereocenters. The van der Waals surface area contributed by atoms with E-state index < -0.39 is 0 Å². The van der Waals surface area contributed by atoms with Crippen LogP contribution in [0.4, 0.5) is 5.82 Å². The average molecular weight is 488 g/mol. The normalized spacial score (nSPS) is 13.6. The molecule has 0 spiro atoms. The van der Waals surface area contributed by atoms with Crippen molar-refractivity contribution in [2.24, 2.45) is 5.92 Å². The molecule has 36 heavy (non-hydrogen) atoms. The number of benzene rings is 1. The van der Waals surface area contributed by atoms with Crippen LogP contribution in [-0.2, 0) is 27.5 Å². The van der Waals surface area contributed by atoms with Crippen molar-refractivity contribution < 1.29 is 14.3 Å². The van der Waals surface area contributed by atoms with E-state index in [0.717, 1.165) is 40.7 Å². The second-order valence-electron chi connectivity index (χ2n) is 8.77. The van der Waals surface area contributed by atoms with Crippen LogP contribution in [0.15, 0.2) is 48.9 Å². The van der Waals surface area contributed by atoms with E-state index in [1.165, 1.54) is 0 Å². The van der Waals surface area contributed by atoms with E-state index in [2.05, 4.69) is 30.8 Å². The largest absolute Gasteiger partial charge is 0.382 e. The molecular formula is C24H25N9O3. The number of imidazole rings is 1. The van der Waals surface area contributed by atoms with E-state index >= 15 is 0 Å². The summed E-state index contributed by atoms with van der Waals surface area (Å²) in [5.74, 6) is 0.650. The van der Waals surface area contributed by atoms with Crippen LogP contribution in [0.5, 0.6) is 0 Å². The minimum Gasteiger partial charge on any atom is -0.382 e. The molecule has 1 aliphatic carbocycles. The van der Waals surface area contributed by atoms with Crippen LogP contribution in [0.25, 0.3) is 27.8 Å². The zero-order valence-electron chi connectivity index (χ0n) is 19.7. The molecule has 184 valence electrons. The summed E-state index contributed by atoms with van der Waals surface area (Å²) in [4.78, 5) is 16.5. The summed E-state index contributed by atoms with van der Waals surface area (Å²) >= 11 is 0. The molecule has 5 aromatic rings. The molecule has 1 fully saturated rings. The highest BCUT2D eigenvalue weighted by molar-refractivity contribution is 5.93. The second-order valence-corrected chi connectivity index (χ2v) is 8.77. The molecule has 12 heteroatoms. The third kappa shape index (κ3) is 4.68. The van der Waals surface area contributed by atoms with Crippen LogP contribution >= 0.6 is 0 Å². The number of amides is 1. The number of ether oxygens (including phenoxy) is 2. The lowest BCUT2D eigenvalue weighted by Crippen LogP contribution is -2.13. The highest BCUT2D eigenvalue weighted by Crippen LogP contribution is 2.30. The molecule has 4 heterocycles. The molecule has 1 saturated carbocycles. The van der Waals surface area contributed by atoms with Crippen molar-refractivity contribution in [2.45, 2.75) is 26.1 Å². The zero-order valence-corrected chi connectivity index (χ0v) is 19.7. The predicted octanol–water partition coefficient (Wildman–Crippen LogP) is 2.35. The van der Waals surface area contributed by atoms with Gasteiger partial charge in [0.25, 0.3) is 0 Å². The summed E-state index contributed by atoms with van der Waals surface area (Å²) in [5, 5.41) is 20.5. The summed E-state index contributed by atoms with van der Waals surface area (Å²) in [5.41, 5.74) is 5.11. The molecule has 0 unspecified atom stereocenters. The predicted molar refractivity (Wildman–Crippen MR) is 130 cm³/mol. The second kappa shape index (κ2) is 9.47. The molecule has 0 radical (unpaired) electrons. The van der Waals surface area contributed by atoms with Crippen LogP contribution in [0.3, 0.4) is 0 Å². The van der Waals surface area contributed by atoms with Crippen molar-refractivity contribution in [3.8, 4) is 11.1 Å². The Hall–Kier alpha value is -4.16. The summed E-state index contributed by atoms with van der Waals surface area (Å²) in [6.07, 6.45) is 7.37. The molecule has 0 aliphatic heterocycles. The molecule has 1 N–H and O–H groups in total. The fourth-order valence-corrected chi connectivity index (χ4v) is 3.94. The van der Waals surface area contributed by atoms with Crippen LogP contribution in [0.1, 0.15) is 18.5 Å². The number of hydrogen-bond acceptors (Lipinski definition) is 8. The maximum Gasteiger partial charge on any atom is 0.228 e.